The number of nitrogens with zero attached hydrogens (tertiary/aromatic N) is 2. The Bertz CT molecular complexity index is 874. The minimum Gasteiger partial charge on any atom is -0.366 e. The van der Waals surface area contributed by atoms with Gasteiger partial charge in [-0.2, -0.15) is 0 Å². The maximum Gasteiger partial charge on any atom is 0.160 e. The van der Waals surface area contributed by atoms with E-state index in [1.54, 1.807) is 13.0 Å². The molecule has 2 heterocycles. The van der Waals surface area contributed by atoms with Gasteiger partial charge in [-0.25, -0.2) is 27.2 Å². The third kappa shape index (κ3) is 3.97. The molecule has 0 amide bonds. The van der Waals surface area contributed by atoms with E-state index in [1.807, 2.05) is 0 Å². The Hall–Kier alpha value is -2.29. The Labute approximate surface area is 138 Å². The lowest BCUT2D eigenvalue weighted by molar-refractivity contribution is 0.509. The molecule has 2 aromatic rings. The van der Waals surface area contributed by atoms with Crippen molar-refractivity contribution < 1.29 is 17.2 Å². The Balaban J connectivity index is 1.77. The van der Waals surface area contributed by atoms with E-state index in [-0.39, 0.29) is 17.5 Å². The summed E-state index contributed by atoms with van der Waals surface area (Å²) in [6.07, 6.45) is 0.525. The summed E-state index contributed by atoms with van der Waals surface area (Å²) in [5.41, 5.74) is 0.349. The van der Waals surface area contributed by atoms with Crippen molar-refractivity contribution in [3.8, 4) is 0 Å². The number of rotatable bonds is 4. The molecule has 0 bridgehead atoms. The van der Waals surface area contributed by atoms with Crippen LogP contribution in [-0.2, 0) is 9.84 Å². The first-order valence-corrected chi connectivity index (χ1v) is 9.17. The van der Waals surface area contributed by atoms with Gasteiger partial charge in [-0.15, -0.1) is 0 Å². The van der Waals surface area contributed by atoms with Gasteiger partial charge in [-0.05, 0) is 25.5 Å². The number of anilines is 3. The molecule has 2 N–H and O–H groups in total. The Morgan fingerprint density at radius 3 is 2.54 bits per heavy atom. The van der Waals surface area contributed by atoms with Gasteiger partial charge in [0.15, 0.2) is 21.5 Å². The smallest absolute Gasteiger partial charge is 0.160 e. The zero-order chi connectivity index (χ0) is 17.3. The highest BCUT2D eigenvalue weighted by atomic mass is 32.2. The first-order chi connectivity index (χ1) is 11.3. The molecule has 1 fully saturated rings. The molecule has 1 saturated heterocycles. The molecule has 6 nitrogen and oxygen atoms in total. The second-order valence-corrected chi connectivity index (χ2v) is 7.91. The second kappa shape index (κ2) is 6.31. The van der Waals surface area contributed by atoms with Crippen molar-refractivity contribution in [3.63, 3.8) is 0 Å². The van der Waals surface area contributed by atoms with Crippen LogP contribution >= 0.6 is 0 Å². The normalized spacial score (nSPS) is 19.2. The Morgan fingerprint density at radius 1 is 1.12 bits per heavy atom. The largest absolute Gasteiger partial charge is 0.366 e. The molecule has 1 atom stereocenters. The summed E-state index contributed by atoms with van der Waals surface area (Å²) in [7, 11) is -2.99. The van der Waals surface area contributed by atoms with Gasteiger partial charge in [-0.1, -0.05) is 0 Å². The van der Waals surface area contributed by atoms with Crippen molar-refractivity contribution in [1.82, 2.24) is 9.97 Å². The average molecular weight is 354 g/mol. The van der Waals surface area contributed by atoms with Crippen molar-refractivity contribution in [3.05, 3.63) is 41.7 Å². The van der Waals surface area contributed by atoms with E-state index in [0.717, 1.165) is 12.1 Å². The van der Waals surface area contributed by atoms with Crippen molar-refractivity contribution >= 4 is 27.2 Å². The highest BCUT2D eigenvalue weighted by Gasteiger charge is 2.28. The third-order valence-corrected chi connectivity index (χ3v) is 5.38. The van der Waals surface area contributed by atoms with E-state index >= 15 is 0 Å². The van der Waals surface area contributed by atoms with Crippen LogP contribution < -0.4 is 10.6 Å². The van der Waals surface area contributed by atoms with Gasteiger partial charge in [0, 0.05) is 23.9 Å². The number of nitrogens with one attached hydrogen (secondary N) is 2. The third-order valence-electron chi connectivity index (χ3n) is 3.61. The first-order valence-electron chi connectivity index (χ1n) is 7.35. The van der Waals surface area contributed by atoms with E-state index < -0.39 is 21.5 Å². The minimum atomic E-state index is -2.99. The maximum atomic E-state index is 13.3. The Kier molecular flexibility index (Phi) is 4.35. The molecular weight excluding hydrogens is 338 g/mol. The van der Waals surface area contributed by atoms with Crippen LogP contribution in [0.3, 0.4) is 0 Å². The number of halogens is 2. The van der Waals surface area contributed by atoms with Crippen molar-refractivity contribution in [2.75, 3.05) is 22.1 Å². The fraction of sp³-hybridized carbons (Fsp3) is 0.333. The summed E-state index contributed by atoms with van der Waals surface area (Å²) in [5.74, 6) is -0.307. The quantitative estimate of drug-likeness (QED) is 0.877. The number of hydrogen-bond acceptors (Lipinski definition) is 6. The predicted molar refractivity (Wildman–Crippen MR) is 87.1 cm³/mol. The Morgan fingerprint density at radius 2 is 1.88 bits per heavy atom. The SMILES string of the molecule is Cc1nc(Nc2ccc(F)c(F)c2)cc(NC2CCS(=O)(=O)C2)n1. The number of aryl methyl sites for hydroxylation is 1. The minimum absolute atomic E-state index is 0.0714. The first kappa shape index (κ1) is 16.6. The van der Waals surface area contributed by atoms with Gasteiger partial charge in [0.1, 0.15) is 17.5 Å². The number of hydrogen-bond donors (Lipinski definition) is 2. The zero-order valence-corrected chi connectivity index (χ0v) is 13.7. The molecule has 1 aromatic carbocycles. The van der Waals surface area contributed by atoms with Crippen LogP contribution in [0.15, 0.2) is 24.3 Å². The van der Waals surface area contributed by atoms with Crippen molar-refractivity contribution in [2.45, 2.75) is 19.4 Å². The summed E-state index contributed by atoms with van der Waals surface area (Å²) in [6, 6.07) is 4.85. The summed E-state index contributed by atoms with van der Waals surface area (Å²) in [4.78, 5) is 8.41. The topological polar surface area (TPSA) is 84.0 Å². The lowest BCUT2D eigenvalue weighted by Crippen LogP contribution is -2.21. The van der Waals surface area contributed by atoms with Crippen LogP contribution in [0.5, 0.6) is 0 Å². The van der Waals surface area contributed by atoms with Crippen LogP contribution in [-0.4, -0.2) is 35.9 Å². The molecule has 1 aromatic heterocycles. The fourth-order valence-electron chi connectivity index (χ4n) is 2.55. The van der Waals surface area contributed by atoms with E-state index in [4.69, 9.17) is 0 Å². The number of benzene rings is 1. The maximum absolute atomic E-state index is 13.3. The summed E-state index contributed by atoms with van der Waals surface area (Å²) in [6.45, 7) is 1.69. The van der Waals surface area contributed by atoms with Crippen LogP contribution in [0.4, 0.5) is 26.1 Å². The standard InChI is InChI=1S/C15H16F2N4O2S/c1-9-18-14(20-10-2-3-12(16)13(17)6-10)7-15(19-9)21-11-4-5-24(22,23)8-11/h2-3,6-7,11H,4-5,8H2,1H3,(H2,18,19,20,21). The van der Waals surface area contributed by atoms with Gasteiger partial charge >= 0.3 is 0 Å². The molecule has 0 saturated carbocycles. The van der Waals surface area contributed by atoms with Crippen LogP contribution in [0.2, 0.25) is 0 Å². The van der Waals surface area contributed by atoms with E-state index in [9.17, 15) is 17.2 Å². The van der Waals surface area contributed by atoms with Gasteiger partial charge in [0.05, 0.1) is 11.5 Å². The molecule has 9 heteroatoms. The highest BCUT2D eigenvalue weighted by molar-refractivity contribution is 7.91. The second-order valence-electron chi connectivity index (χ2n) is 5.68. The van der Waals surface area contributed by atoms with E-state index in [2.05, 4.69) is 20.6 Å². The molecule has 24 heavy (non-hydrogen) atoms. The zero-order valence-electron chi connectivity index (χ0n) is 12.9. The predicted octanol–water partition coefficient (Wildman–Crippen LogP) is 2.41. The van der Waals surface area contributed by atoms with Crippen LogP contribution in [0.25, 0.3) is 0 Å². The molecule has 0 radical (unpaired) electrons. The van der Waals surface area contributed by atoms with Crippen molar-refractivity contribution in [1.29, 1.82) is 0 Å². The van der Waals surface area contributed by atoms with Gasteiger partial charge < -0.3 is 10.6 Å². The molecule has 1 unspecified atom stereocenters. The summed E-state index contributed by atoms with van der Waals surface area (Å²) >= 11 is 0. The average Bonchev–Trinajstić information content (AvgIpc) is 2.81. The lowest BCUT2D eigenvalue weighted by Gasteiger charge is -2.14. The van der Waals surface area contributed by atoms with E-state index in [1.165, 1.54) is 6.07 Å². The lowest BCUT2D eigenvalue weighted by atomic mass is 10.2. The molecule has 1 aliphatic rings. The van der Waals surface area contributed by atoms with Crippen LogP contribution in [0, 0.1) is 18.6 Å². The van der Waals surface area contributed by atoms with Gasteiger partial charge in [0.25, 0.3) is 0 Å². The molecule has 3 rings (SSSR count). The molecule has 0 aliphatic carbocycles. The molecular formula is C15H16F2N4O2S. The molecule has 128 valence electrons. The number of aromatic nitrogens is 2. The fourth-order valence-corrected chi connectivity index (χ4v) is 4.22. The van der Waals surface area contributed by atoms with Crippen LogP contribution in [0.1, 0.15) is 12.2 Å². The summed E-state index contributed by atoms with van der Waals surface area (Å²) in [5, 5.41) is 5.96. The van der Waals surface area contributed by atoms with E-state index in [0.29, 0.717) is 29.6 Å². The highest BCUT2D eigenvalue weighted by Crippen LogP contribution is 2.21. The van der Waals surface area contributed by atoms with Crippen molar-refractivity contribution in [2.24, 2.45) is 0 Å². The van der Waals surface area contributed by atoms with Gasteiger partial charge in [0.2, 0.25) is 0 Å². The van der Waals surface area contributed by atoms with Gasteiger partial charge in [-0.3, -0.25) is 0 Å². The monoisotopic (exact) mass is 354 g/mol. The molecule has 0 spiro atoms. The number of sulfone groups is 1. The molecule has 1 aliphatic heterocycles. The summed E-state index contributed by atoms with van der Waals surface area (Å²) < 4.78 is 49.3.